The Balaban J connectivity index is 1.30. The molecule has 0 saturated heterocycles. The first-order valence-corrected chi connectivity index (χ1v) is 23.7. The summed E-state index contributed by atoms with van der Waals surface area (Å²) in [7, 11) is 0. The molecule has 1 heteroatoms. The molecule has 3 aliphatic carbocycles. The van der Waals surface area contributed by atoms with Gasteiger partial charge in [0.15, 0.2) is 0 Å². The summed E-state index contributed by atoms with van der Waals surface area (Å²) in [6, 6.07) is 65.7. The van der Waals surface area contributed by atoms with Crippen LogP contribution in [0.1, 0.15) is 126 Å². The van der Waals surface area contributed by atoms with Crippen LogP contribution in [0.25, 0.3) is 44.5 Å². The van der Waals surface area contributed by atoms with E-state index in [4.69, 9.17) is 0 Å². The highest BCUT2D eigenvalue weighted by Crippen LogP contribution is 2.67. The number of hydrogen-bond donors (Lipinski definition) is 0. The number of rotatable bonds is 4. The Morgan fingerprint density at radius 3 is 1.34 bits per heavy atom. The van der Waals surface area contributed by atoms with Gasteiger partial charge in [-0.2, -0.15) is 0 Å². The second-order valence-electron chi connectivity index (χ2n) is 22.6. The molecular weight excluding hydrogens is 783 g/mol. The molecule has 0 atom stereocenters. The first-order chi connectivity index (χ1) is 30.9. The van der Waals surface area contributed by atoms with Crippen LogP contribution in [0.5, 0.6) is 0 Å². The van der Waals surface area contributed by atoms with E-state index in [1.54, 1.807) is 0 Å². The van der Waals surface area contributed by atoms with E-state index in [1.807, 2.05) is 0 Å². The molecular formula is C64H61N. The second-order valence-corrected chi connectivity index (χ2v) is 22.6. The summed E-state index contributed by atoms with van der Waals surface area (Å²) in [6.07, 6.45) is 0. The molecule has 0 bridgehead atoms. The van der Waals surface area contributed by atoms with Crippen molar-refractivity contribution in [1.82, 2.24) is 0 Å². The smallest absolute Gasteiger partial charge is 0.0746 e. The molecule has 322 valence electrons. The van der Waals surface area contributed by atoms with Crippen molar-refractivity contribution in [1.29, 1.82) is 0 Å². The zero-order valence-corrected chi connectivity index (χ0v) is 40.1. The maximum Gasteiger partial charge on any atom is 0.0746 e. The van der Waals surface area contributed by atoms with Gasteiger partial charge in [0, 0.05) is 22.2 Å². The predicted octanol–water partition coefficient (Wildman–Crippen LogP) is 17.4. The molecule has 0 unspecified atom stereocenters. The standard InChI is InChI=1S/C64H61N/c1-60(2,3)41-28-32-48-49-33-29-42(61(4,5)6)37-55(49)64(54(48)36-41)56-38-43(62(7,8)9)30-34-50(56)51-24-19-27-58(59(51)64)65(57-26-18-16-22-45(57)40-20-13-12-14-21-40)44-31-35-47-46-23-15-17-25-52(46)63(10,11)53(47)39-44/h12-39H,1-11H3. The molecule has 0 aliphatic heterocycles. The Bertz CT molecular complexity index is 3130. The Morgan fingerprint density at radius 1 is 0.338 bits per heavy atom. The molecule has 0 fully saturated rings. The lowest BCUT2D eigenvalue weighted by Crippen LogP contribution is -2.30. The highest BCUT2D eigenvalue weighted by Gasteiger charge is 2.54. The Kier molecular flexibility index (Phi) is 8.91. The van der Waals surface area contributed by atoms with Crippen molar-refractivity contribution >= 4 is 17.1 Å². The molecule has 3 aliphatic rings. The van der Waals surface area contributed by atoms with Crippen LogP contribution < -0.4 is 4.90 Å². The predicted molar refractivity (Wildman–Crippen MR) is 277 cm³/mol. The van der Waals surface area contributed by atoms with E-state index >= 15 is 0 Å². The van der Waals surface area contributed by atoms with Crippen molar-refractivity contribution in [2.45, 2.75) is 103 Å². The Labute approximate surface area is 387 Å². The van der Waals surface area contributed by atoms with Crippen molar-refractivity contribution < 1.29 is 0 Å². The van der Waals surface area contributed by atoms with Crippen molar-refractivity contribution in [2.75, 3.05) is 4.90 Å². The van der Waals surface area contributed by atoms with Crippen LogP contribution in [0.2, 0.25) is 0 Å². The van der Waals surface area contributed by atoms with Crippen LogP contribution in [-0.2, 0) is 27.1 Å². The lowest BCUT2D eigenvalue weighted by Gasteiger charge is -2.38. The fourth-order valence-electron chi connectivity index (χ4n) is 11.6. The number of benzene rings is 8. The summed E-state index contributed by atoms with van der Waals surface area (Å²) in [4.78, 5) is 2.62. The average Bonchev–Trinajstić information content (AvgIpc) is 3.84. The van der Waals surface area contributed by atoms with E-state index in [0.717, 1.165) is 11.4 Å². The fourth-order valence-corrected chi connectivity index (χ4v) is 11.6. The molecule has 0 N–H and O–H groups in total. The van der Waals surface area contributed by atoms with Gasteiger partial charge < -0.3 is 4.90 Å². The zero-order chi connectivity index (χ0) is 45.4. The zero-order valence-electron chi connectivity index (χ0n) is 40.1. The molecule has 0 radical (unpaired) electrons. The first kappa shape index (κ1) is 41.3. The minimum atomic E-state index is -0.609. The Hall–Kier alpha value is -6.44. The topological polar surface area (TPSA) is 3.24 Å². The SMILES string of the molecule is CC(C)(C)c1ccc2c(c1)C1(c3cc(C(C)(C)C)ccc3-2)c2cc(C(C)(C)C)ccc2-c2cccc(N(c3ccc4c(c3)C(C)(C)c3ccccc3-4)c3ccccc3-c3ccccc3)c21. The van der Waals surface area contributed by atoms with E-state index in [1.165, 1.54) is 100 Å². The molecule has 0 amide bonds. The normalized spacial score (nSPS) is 14.9. The largest absolute Gasteiger partial charge is 0.310 e. The van der Waals surface area contributed by atoms with Gasteiger partial charge in [-0.05, 0) is 124 Å². The molecule has 0 heterocycles. The van der Waals surface area contributed by atoms with Crippen LogP contribution >= 0.6 is 0 Å². The van der Waals surface area contributed by atoms with Crippen molar-refractivity contribution in [2.24, 2.45) is 0 Å². The minimum Gasteiger partial charge on any atom is -0.310 e. The quantitative estimate of drug-likeness (QED) is 0.171. The summed E-state index contributed by atoms with van der Waals surface area (Å²) in [5, 5.41) is 0. The van der Waals surface area contributed by atoms with E-state index in [2.05, 4.69) is 251 Å². The Morgan fingerprint density at radius 2 is 0.769 bits per heavy atom. The summed E-state index contributed by atoms with van der Waals surface area (Å²) >= 11 is 0. The van der Waals surface area contributed by atoms with Gasteiger partial charge in [-0.1, -0.05) is 222 Å². The van der Waals surface area contributed by atoms with Crippen molar-refractivity contribution in [3.05, 3.63) is 220 Å². The molecule has 11 rings (SSSR count). The third-order valence-corrected chi connectivity index (χ3v) is 15.2. The highest BCUT2D eigenvalue weighted by atomic mass is 15.1. The van der Waals surface area contributed by atoms with Gasteiger partial charge >= 0.3 is 0 Å². The van der Waals surface area contributed by atoms with E-state index in [0.29, 0.717) is 0 Å². The van der Waals surface area contributed by atoms with Crippen molar-refractivity contribution in [3.8, 4) is 44.5 Å². The summed E-state index contributed by atoms with van der Waals surface area (Å²) < 4.78 is 0. The summed E-state index contributed by atoms with van der Waals surface area (Å²) in [6.45, 7) is 26.0. The van der Waals surface area contributed by atoms with Crippen LogP contribution in [0.4, 0.5) is 17.1 Å². The van der Waals surface area contributed by atoms with Crippen LogP contribution in [0, 0.1) is 0 Å². The van der Waals surface area contributed by atoms with Crippen LogP contribution in [0.3, 0.4) is 0 Å². The minimum absolute atomic E-state index is 0.0476. The van der Waals surface area contributed by atoms with Gasteiger partial charge in [0.25, 0.3) is 0 Å². The van der Waals surface area contributed by atoms with Gasteiger partial charge in [-0.3, -0.25) is 0 Å². The second kappa shape index (κ2) is 14.0. The highest BCUT2D eigenvalue weighted by molar-refractivity contribution is 6.01. The number of para-hydroxylation sites is 1. The number of fused-ring (bicyclic) bond motifs is 13. The molecule has 0 aromatic heterocycles. The third-order valence-electron chi connectivity index (χ3n) is 15.2. The molecule has 65 heavy (non-hydrogen) atoms. The van der Waals surface area contributed by atoms with Gasteiger partial charge in [-0.25, -0.2) is 0 Å². The fraction of sp³-hybridized carbons (Fsp3) is 0.250. The van der Waals surface area contributed by atoms with E-state index < -0.39 is 5.41 Å². The van der Waals surface area contributed by atoms with E-state index in [9.17, 15) is 0 Å². The van der Waals surface area contributed by atoms with Crippen molar-refractivity contribution in [3.63, 3.8) is 0 Å². The average molecular weight is 844 g/mol. The summed E-state index contributed by atoms with van der Waals surface area (Å²) in [5.41, 5.74) is 25.2. The van der Waals surface area contributed by atoms with Gasteiger partial charge in [0.2, 0.25) is 0 Å². The molecule has 8 aromatic carbocycles. The number of anilines is 3. The van der Waals surface area contributed by atoms with E-state index in [-0.39, 0.29) is 21.7 Å². The maximum absolute atomic E-state index is 2.62. The van der Waals surface area contributed by atoms with Crippen LogP contribution in [-0.4, -0.2) is 0 Å². The number of nitrogens with zero attached hydrogens (tertiary/aromatic N) is 1. The molecule has 0 saturated carbocycles. The lowest BCUT2D eigenvalue weighted by molar-refractivity contribution is 0.584. The lowest BCUT2D eigenvalue weighted by atomic mass is 9.67. The monoisotopic (exact) mass is 843 g/mol. The third kappa shape index (κ3) is 6.04. The molecule has 8 aromatic rings. The summed E-state index contributed by atoms with van der Waals surface area (Å²) in [5.74, 6) is 0. The molecule has 1 spiro atoms. The van der Waals surface area contributed by atoms with Gasteiger partial charge in [0.1, 0.15) is 0 Å². The molecule has 1 nitrogen and oxygen atoms in total. The number of hydrogen-bond acceptors (Lipinski definition) is 1. The maximum atomic E-state index is 2.62. The van der Waals surface area contributed by atoms with Gasteiger partial charge in [0.05, 0.1) is 16.8 Å². The van der Waals surface area contributed by atoms with Gasteiger partial charge in [-0.15, -0.1) is 0 Å². The first-order valence-electron chi connectivity index (χ1n) is 23.7. The van der Waals surface area contributed by atoms with Crippen LogP contribution in [0.15, 0.2) is 170 Å².